The first-order valence-electron chi connectivity index (χ1n) is 8.01. The van der Waals surface area contributed by atoms with E-state index in [1.54, 1.807) is 36.5 Å². The van der Waals surface area contributed by atoms with E-state index >= 15 is 0 Å². The number of aliphatic hydroxyl groups is 1. The Labute approximate surface area is 147 Å². The van der Waals surface area contributed by atoms with Crippen molar-refractivity contribution in [1.82, 2.24) is 5.32 Å². The molecule has 0 saturated heterocycles. The van der Waals surface area contributed by atoms with Crippen molar-refractivity contribution in [3.05, 3.63) is 52.2 Å². The molecule has 0 radical (unpaired) electrons. The predicted octanol–water partition coefficient (Wildman–Crippen LogP) is 3.91. The first-order chi connectivity index (χ1) is 11.3. The number of rotatable bonds is 6. The molecule has 4 nitrogen and oxygen atoms in total. The zero-order valence-electron chi connectivity index (χ0n) is 14.6. The maximum Gasteiger partial charge on any atom is 0.261 e. The van der Waals surface area contributed by atoms with Gasteiger partial charge in [0.2, 0.25) is 0 Å². The Morgan fingerprint density at radius 2 is 2.04 bits per heavy atom. The Morgan fingerprint density at radius 3 is 2.62 bits per heavy atom. The maximum absolute atomic E-state index is 12.6. The van der Waals surface area contributed by atoms with E-state index in [0.29, 0.717) is 5.75 Å². The van der Waals surface area contributed by atoms with Gasteiger partial charge >= 0.3 is 0 Å². The standard InChI is InChI=1S/C19H25NO3S/c1-13(23-15-8-5-7-14(11-15)12-21)18(22)20-17(19(2,3)4)16-9-6-10-24-16/h5-11,13,17,21H,12H2,1-4H3,(H,20,22). The summed E-state index contributed by atoms with van der Waals surface area (Å²) in [4.78, 5) is 13.7. The lowest BCUT2D eigenvalue weighted by Gasteiger charge is -2.31. The smallest absolute Gasteiger partial charge is 0.261 e. The van der Waals surface area contributed by atoms with Gasteiger partial charge in [-0.3, -0.25) is 4.79 Å². The van der Waals surface area contributed by atoms with Crippen LogP contribution in [-0.2, 0) is 11.4 Å². The second kappa shape index (κ2) is 7.81. The highest BCUT2D eigenvalue weighted by Crippen LogP contribution is 2.35. The first-order valence-corrected chi connectivity index (χ1v) is 8.89. The summed E-state index contributed by atoms with van der Waals surface area (Å²) in [6.45, 7) is 7.99. The lowest BCUT2D eigenvalue weighted by Crippen LogP contribution is -2.42. The summed E-state index contributed by atoms with van der Waals surface area (Å²) >= 11 is 1.64. The molecule has 1 aromatic carbocycles. The summed E-state index contributed by atoms with van der Waals surface area (Å²) in [5.41, 5.74) is 0.656. The average molecular weight is 347 g/mol. The van der Waals surface area contributed by atoms with Crippen molar-refractivity contribution < 1.29 is 14.6 Å². The molecule has 5 heteroatoms. The molecule has 130 valence electrons. The van der Waals surface area contributed by atoms with Crippen LogP contribution in [0.15, 0.2) is 41.8 Å². The largest absolute Gasteiger partial charge is 0.481 e. The van der Waals surface area contributed by atoms with Crippen molar-refractivity contribution in [3.63, 3.8) is 0 Å². The van der Waals surface area contributed by atoms with E-state index in [-0.39, 0.29) is 24.0 Å². The summed E-state index contributed by atoms with van der Waals surface area (Å²) in [7, 11) is 0. The summed E-state index contributed by atoms with van der Waals surface area (Å²) in [6.07, 6.45) is -0.622. The molecule has 2 aromatic rings. The minimum atomic E-state index is -0.622. The number of thiophene rings is 1. The van der Waals surface area contributed by atoms with Gasteiger partial charge in [0, 0.05) is 4.88 Å². The third-order valence-corrected chi connectivity index (χ3v) is 4.68. The second-order valence-electron chi connectivity index (χ2n) is 6.89. The van der Waals surface area contributed by atoms with Crippen LogP contribution in [0.2, 0.25) is 0 Å². The summed E-state index contributed by atoms with van der Waals surface area (Å²) in [6, 6.07) is 11.1. The van der Waals surface area contributed by atoms with Crippen LogP contribution >= 0.6 is 11.3 Å². The van der Waals surface area contributed by atoms with Crippen molar-refractivity contribution >= 4 is 17.2 Å². The van der Waals surface area contributed by atoms with E-state index in [1.165, 1.54) is 0 Å². The van der Waals surface area contributed by atoms with Crippen LogP contribution in [-0.4, -0.2) is 17.1 Å². The number of nitrogens with one attached hydrogen (secondary N) is 1. The van der Waals surface area contributed by atoms with Gasteiger partial charge in [-0.25, -0.2) is 0 Å². The number of aliphatic hydroxyl groups excluding tert-OH is 1. The van der Waals surface area contributed by atoms with E-state index in [4.69, 9.17) is 4.74 Å². The van der Waals surface area contributed by atoms with Gasteiger partial charge in [-0.1, -0.05) is 39.0 Å². The van der Waals surface area contributed by atoms with Gasteiger partial charge in [0.15, 0.2) is 6.10 Å². The summed E-state index contributed by atoms with van der Waals surface area (Å²) in [5.74, 6) is 0.422. The van der Waals surface area contributed by atoms with Crippen LogP contribution in [0.3, 0.4) is 0 Å². The molecule has 1 amide bonds. The number of benzene rings is 1. The zero-order valence-corrected chi connectivity index (χ0v) is 15.4. The molecule has 1 aromatic heterocycles. The van der Waals surface area contributed by atoms with Gasteiger partial charge in [0.1, 0.15) is 5.75 Å². The number of ether oxygens (including phenoxy) is 1. The minimum absolute atomic E-state index is 0.0533. The van der Waals surface area contributed by atoms with E-state index in [2.05, 4.69) is 26.1 Å². The zero-order chi connectivity index (χ0) is 17.7. The number of amides is 1. The summed E-state index contributed by atoms with van der Waals surface area (Å²) < 4.78 is 5.73. The highest BCUT2D eigenvalue weighted by molar-refractivity contribution is 7.10. The lowest BCUT2D eigenvalue weighted by atomic mass is 9.85. The molecule has 0 fully saturated rings. The number of carbonyl (C=O) groups excluding carboxylic acids is 1. The van der Waals surface area contributed by atoms with Gasteiger partial charge in [0.25, 0.3) is 5.91 Å². The maximum atomic E-state index is 12.6. The fraction of sp³-hybridized carbons (Fsp3) is 0.421. The van der Waals surface area contributed by atoms with E-state index in [9.17, 15) is 9.90 Å². The molecule has 0 bridgehead atoms. The van der Waals surface area contributed by atoms with E-state index < -0.39 is 6.10 Å². The van der Waals surface area contributed by atoms with Crippen molar-refractivity contribution in [1.29, 1.82) is 0 Å². The molecule has 1 heterocycles. The minimum Gasteiger partial charge on any atom is -0.481 e. The van der Waals surface area contributed by atoms with Crippen molar-refractivity contribution in [2.24, 2.45) is 5.41 Å². The third kappa shape index (κ3) is 4.82. The third-order valence-electron chi connectivity index (χ3n) is 3.74. The van der Waals surface area contributed by atoms with Crippen LogP contribution < -0.4 is 10.1 Å². The molecule has 24 heavy (non-hydrogen) atoms. The van der Waals surface area contributed by atoms with Crippen LogP contribution in [0.1, 0.15) is 44.2 Å². The predicted molar refractivity (Wildman–Crippen MR) is 97.1 cm³/mol. The molecular formula is C19H25NO3S. The first kappa shape index (κ1) is 18.5. The van der Waals surface area contributed by atoms with Gasteiger partial charge in [-0.15, -0.1) is 11.3 Å². The number of carbonyl (C=O) groups is 1. The van der Waals surface area contributed by atoms with Gasteiger partial charge in [0.05, 0.1) is 12.6 Å². The van der Waals surface area contributed by atoms with Gasteiger partial charge in [-0.2, -0.15) is 0 Å². The van der Waals surface area contributed by atoms with Crippen molar-refractivity contribution in [2.75, 3.05) is 0 Å². The van der Waals surface area contributed by atoms with Crippen LogP contribution in [0, 0.1) is 5.41 Å². The van der Waals surface area contributed by atoms with Gasteiger partial charge in [-0.05, 0) is 41.5 Å². The molecule has 2 atom stereocenters. The SMILES string of the molecule is CC(Oc1cccc(CO)c1)C(=O)NC(c1cccs1)C(C)(C)C. The number of hydrogen-bond acceptors (Lipinski definition) is 4. The second-order valence-corrected chi connectivity index (χ2v) is 7.87. The van der Waals surface area contributed by atoms with Crippen molar-refractivity contribution in [2.45, 2.75) is 46.4 Å². The molecular weight excluding hydrogens is 322 g/mol. The average Bonchev–Trinajstić information content (AvgIpc) is 3.05. The Hall–Kier alpha value is -1.85. The molecule has 2 N–H and O–H groups in total. The Kier molecular flexibility index (Phi) is 6.02. The van der Waals surface area contributed by atoms with E-state index in [1.807, 2.05) is 23.6 Å². The Bertz CT molecular complexity index is 662. The Balaban J connectivity index is 2.06. The quantitative estimate of drug-likeness (QED) is 0.833. The molecule has 0 aliphatic rings. The molecule has 0 saturated carbocycles. The lowest BCUT2D eigenvalue weighted by molar-refractivity contribution is -0.128. The molecule has 2 unspecified atom stereocenters. The Morgan fingerprint density at radius 1 is 1.29 bits per heavy atom. The molecule has 2 rings (SSSR count). The molecule has 0 aliphatic carbocycles. The number of hydrogen-bond donors (Lipinski definition) is 2. The molecule has 0 aliphatic heterocycles. The van der Waals surface area contributed by atoms with Crippen LogP contribution in [0.5, 0.6) is 5.75 Å². The van der Waals surface area contributed by atoms with Crippen LogP contribution in [0.4, 0.5) is 0 Å². The monoisotopic (exact) mass is 347 g/mol. The highest BCUT2D eigenvalue weighted by Gasteiger charge is 2.30. The topological polar surface area (TPSA) is 58.6 Å². The van der Waals surface area contributed by atoms with Crippen LogP contribution in [0.25, 0.3) is 0 Å². The fourth-order valence-electron chi connectivity index (χ4n) is 2.40. The highest BCUT2D eigenvalue weighted by atomic mass is 32.1. The van der Waals surface area contributed by atoms with Gasteiger partial charge < -0.3 is 15.2 Å². The summed E-state index contributed by atoms with van der Waals surface area (Å²) in [5, 5.41) is 14.3. The van der Waals surface area contributed by atoms with Crippen molar-refractivity contribution in [3.8, 4) is 5.75 Å². The fourth-order valence-corrected chi connectivity index (χ4v) is 3.42. The van der Waals surface area contributed by atoms with E-state index in [0.717, 1.165) is 10.4 Å². The normalized spacial score (nSPS) is 14.0. The molecule has 0 spiro atoms.